The summed E-state index contributed by atoms with van der Waals surface area (Å²) in [4.78, 5) is 10.7. The zero-order valence-electron chi connectivity index (χ0n) is 11.6. The molecule has 0 radical (unpaired) electrons. The highest BCUT2D eigenvalue weighted by Gasteiger charge is 2.07. The fraction of sp³-hybridized carbons (Fsp3) is 0.0667. The predicted octanol–water partition coefficient (Wildman–Crippen LogP) is 3.15. The summed E-state index contributed by atoms with van der Waals surface area (Å²) in [6.07, 6.45) is 1.58. The minimum atomic E-state index is -0.971. The Hall–Kier alpha value is -2.29. The lowest BCUT2D eigenvalue weighted by Gasteiger charge is -2.06. The summed E-state index contributed by atoms with van der Waals surface area (Å²) in [5, 5.41) is 22.6. The molecule has 7 heteroatoms. The minimum Gasteiger partial charge on any atom is -0.504 e. The second-order valence-electron chi connectivity index (χ2n) is 4.31. The number of nitrogens with one attached hydrogen (secondary N) is 1. The maximum Gasteiger partial charge on any atom is 0.335 e. The molecular formula is C15H13IN2O4. The van der Waals surface area contributed by atoms with Gasteiger partial charge in [-0.1, -0.05) is 0 Å². The number of hydrogen-bond donors (Lipinski definition) is 3. The summed E-state index contributed by atoms with van der Waals surface area (Å²) < 4.78 is 5.73. The van der Waals surface area contributed by atoms with Crippen molar-refractivity contribution in [1.29, 1.82) is 0 Å². The molecule has 0 aliphatic carbocycles. The maximum absolute atomic E-state index is 10.7. The number of phenols is 1. The molecule has 22 heavy (non-hydrogen) atoms. The fourth-order valence-corrected chi connectivity index (χ4v) is 2.32. The van der Waals surface area contributed by atoms with Crippen LogP contribution >= 0.6 is 22.6 Å². The van der Waals surface area contributed by atoms with E-state index in [4.69, 9.17) is 9.84 Å². The molecule has 0 saturated carbocycles. The van der Waals surface area contributed by atoms with E-state index in [1.54, 1.807) is 30.5 Å². The van der Waals surface area contributed by atoms with Gasteiger partial charge in [-0.3, -0.25) is 5.43 Å². The van der Waals surface area contributed by atoms with Gasteiger partial charge < -0.3 is 14.9 Å². The van der Waals surface area contributed by atoms with Crippen molar-refractivity contribution in [2.75, 3.05) is 12.5 Å². The molecule has 0 aliphatic rings. The largest absolute Gasteiger partial charge is 0.504 e. The third-order valence-corrected chi connectivity index (χ3v) is 3.63. The van der Waals surface area contributed by atoms with Gasteiger partial charge in [-0.05, 0) is 64.6 Å². The number of hydrogen-bond acceptors (Lipinski definition) is 5. The molecule has 2 aromatic carbocycles. The van der Waals surface area contributed by atoms with Gasteiger partial charge in [0.05, 0.1) is 28.1 Å². The molecule has 0 spiro atoms. The Morgan fingerprint density at radius 2 is 2.00 bits per heavy atom. The van der Waals surface area contributed by atoms with E-state index in [0.717, 1.165) is 5.56 Å². The van der Waals surface area contributed by atoms with Crippen molar-refractivity contribution in [1.82, 2.24) is 0 Å². The molecule has 6 nitrogen and oxygen atoms in total. The molecule has 2 aromatic rings. The van der Waals surface area contributed by atoms with Gasteiger partial charge in [-0.15, -0.1) is 0 Å². The van der Waals surface area contributed by atoms with E-state index in [2.05, 4.69) is 10.5 Å². The van der Waals surface area contributed by atoms with E-state index in [9.17, 15) is 9.90 Å². The topological polar surface area (TPSA) is 91.2 Å². The highest BCUT2D eigenvalue weighted by atomic mass is 127. The van der Waals surface area contributed by atoms with Crippen molar-refractivity contribution < 1.29 is 19.7 Å². The van der Waals surface area contributed by atoms with Crippen molar-refractivity contribution in [3.63, 3.8) is 0 Å². The number of aromatic hydroxyl groups is 1. The normalized spacial score (nSPS) is 10.6. The first-order valence-electron chi connectivity index (χ1n) is 6.20. The van der Waals surface area contributed by atoms with E-state index in [1.807, 2.05) is 22.6 Å². The van der Waals surface area contributed by atoms with Crippen LogP contribution in [0.25, 0.3) is 0 Å². The molecule has 0 fully saturated rings. The number of halogens is 1. The van der Waals surface area contributed by atoms with Crippen molar-refractivity contribution in [3.8, 4) is 11.5 Å². The van der Waals surface area contributed by atoms with Gasteiger partial charge in [0.25, 0.3) is 0 Å². The van der Waals surface area contributed by atoms with Crippen LogP contribution in [0, 0.1) is 3.57 Å². The summed E-state index contributed by atoms with van der Waals surface area (Å²) in [5.41, 5.74) is 4.44. The molecule has 0 heterocycles. The van der Waals surface area contributed by atoms with E-state index in [1.165, 1.54) is 19.2 Å². The van der Waals surface area contributed by atoms with Crippen LogP contribution in [0.2, 0.25) is 0 Å². The Morgan fingerprint density at radius 1 is 1.32 bits per heavy atom. The van der Waals surface area contributed by atoms with Gasteiger partial charge in [0.1, 0.15) is 0 Å². The lowest BCUT2D eigenvalue weighted by Crippen LogP contribution is -1.96. The number of aromatic carboxylic acids is 1. The van der Waals surface area contributed by atoms with Gasteiger partial charge in [0, 0.05) is 0 Å². The Labute approximate surface area is 140 Å². The predicted molar refractivity (Wildman–Crippen MR) is 92.0 cm³/mol. The van der Waals surface area contributed by atoms with Crippen LogP contribution in [0.5, 0.6) is 11.5 Å². The van der Waals surface area contributed by atoms with Crippen LogP contribution in [0.15, 0.2) is 41.5 Å². The highest BCUT2D eigenvalue weighted by molar-refractivity contribution is 14.1. The third kappa shape index (κ3) is 3.88. The number of benzene rings is 2. The molecular weight excluding hydrogens is 399 g/mol. The third-order valence-electron chi connectivity index (χ3n) is 2.81. The number of nitrogens with zero attached hydrogens (tertiary/aromatic N) is 1. The molecule has 3 N–H and O–H groups in total. The molecule has 0 atom stereocenters. The Bertz CT molecular complexity index is 714. The first kappa shape index (κ1) is 16.1. The average Bonchev–Trinajstić information content (AvgIpc) is 2.51. The lowest BCUT2D eigenvalue weighted by atomic mass is 10.2. The zero-order chi connectivity index (χ0) is 16.1. The number of rotatable bonds is 5. The summed E-state index contributed by atoms with van der Waals surface area (Å²) >= 11 is 2.00. The Balaban J connectivity index is 2.09. The fourth-order valence-electron chi connectivity index (χ4n) is 1.69. The summed E-state index contributed by atoms with van der Waals surface area (Å²) in [5.74, 6) is -0.502. The average molecular weight is 412 g/mol. The van der Waals surface area contributed by atoms with Crippen LogP contribution < -0.4 is 10.2 Å². The van der Waals surface area contributed by atoms with Gasteiger partial charge in [0.15, 0.2) is 11.5 Å². The monoisotopic (exact) mass is 412 g/mol. The lowest BCUT2D eigenvalue weighted by molar-refractivity contribution is 0.0697. The number of carbonyl (C=O) groups is 1. The van der Waals surface area contributed by atoms with Crippen molar-refractivity contribution in [2.24, 2.45) is 5.10 Å². The van der Waals surface area contributed by atoms with Gasteiger partial charge in [0.2, 0.25) is 0 Å². The number of carboxylic acid groups (broad SMARTS) is 1. The van der Waals surface area contributed by atoms with Crippen LogP contribution in [-0.4, -0.2) is 29.5 Å². The molecule has 0 unspecified atom stereocenters. The second-order valence-corrected chi connectivity index (χ2v) is 5.47. The van der Waals surface area contributed by atoms with Crippen molar-refractivity contribution in [3.05, 3.63) is 51.1 Å². The van der Waals surface area contributed by atoms with Crippen molar-refractivity contribution >= 4 is 40.5 Å². The second kappa shape index (κ2) is 7.12. The molecule has 114 valence electrons. The van der Waals surface area contributed by atoms with Gasteiger partial charge in [-0.25, -0.2) is 4.79 Å². The minimum absolute atomic E-state index is 0.0949. The number of methoxy groups -OCH3 is 1. The van der Waals surface area contributed by atoms with E-state index >= 15 is 0 Å². The first-order valence-corrected chi connectivity index (χ1v) is 7.28. The van der Waals surface area contributed by atoms with Crippen LogP contribution in [0.4, 0.5) is 5.69 Å². The quantitative estimate of drug-likeness (QED) is 0.399. The van der Waals surface area contributed by atoms with Crippen LogP contribution in [0.3, 0.4) is 0 Å². The highest BCUT2D eigenvalue weighted by Crippen LogP contribution is 2.31. The van der Waals surface area contributed by atoms with E-state index < -0.39 is 5.97 Å². The summed E-state index contributed by atoms with van der Waals surface area (Å²) in [6, 6.07) is 9.66. The van der Waals surface area contributed by atoms with E-state index in [0.29, 0.717) is 15.0 Å². The van der Waals surface area contributed by atoms with Crippen molar-refractivity contribution in [2.45, 2.75) is 0 Å². The number of hydrazone groups is 1. The molecule has 0 aromatic heterocycles. The van der Waals surface area contributed by atoms with Gasteiger partial charge >= 0.3 is 5.97 Å². The zero-order valence-corrected chi connectivity index (χ0v) is 13.7. The first-order chi connectivity index (χ1) is 10.5. The SMILES string of the molecule is COc1cc(/C=N/Nc2ccc(C(=O)O)cc2)cc(I)c1O. The van der Waals surface area contributed by atoms with E-state index in [-0.39, 0.29) is 11.3 Å². The maximum atomic E-state index is 10.7. The summed E-state index contributed by atoms with van der Waals surface area (Å²) in [7, 11) is 1.48. The molecule has 2 rings (SSSR count). The van der Waals surface area contributed by atoms with Crippen LogP contribution in [0.1, 0.15) is 15.9 Å². The Kier molecular flexibility index (Phi) is 5.21. The number of ether oxygens (including phenoxy) is 1. The van der Waals surface area contributed by atoms with Gasteiger partial charge in [-0.2, -0.15) is 5.10 Å². The number of carboxylic acids is 1. The Morgan fingerprint density at radius 3 is 2.59 bits per heavy atom. The number of anilines is 1. The van der Waals surface area contributed by atoms with Crippen LogP contribution in [-0.2, 0) is 0 Å². The molecule has 0 aliphatic heterocycles. The summed E-state index contributed by atoms with van der Waals surface area (Å²) in [6.45, 7) is 0. The number of phenolic OH excluding ortho intramolecular Hbond substituents is 1. The molecule has 0 saturated heterocycles. The molecule has 0 amide bonds. The smallest absolute Gasteiger partial charge is 0.335 e. The molecule has 0 bridgehead atoms. The standard InChI is InChI=1S/C15H13IN2O4/c1-22-13-7-9(6-12(16)14(13)19)8-17-18-11-4-2-10(3-5-11)15(20)21/h2-8,18-19H,1H3,(H,20,21)/b17-8+.